The van der Waals surface area contributed by atoms with Crippen LogP contribution in [0.15, 0.2) is 45.5 Å². The third-order valence-electron chi connectivity index (χ3n) is 3.52. The highest BCUT2D eigenvalue weighted by Gasteiger charge is 2.27. The third kappa shape index (κ3) is 2.22. The van der Waals surface area contributed by atoms with Crippen molar-refractivity contribution in [2.75, 3.05) is 29.9 Å². The maximum atomic E-state index is 12.7. The summed E-state index contributed by atoms with van der Waals surface area (Å²) in [5.41, 5.74) is 2.00. The fourth-order valence-electron chi connectivity index (χ4n) is 2.50. The van der Waals surface area contributed by atoms with Gasteiger partial charge in [-0.1, -0.05) is 12.1 Å². The van der Waals surface area contributed by atoms with E-state index in [0.29, 0.717) is 16.8 Å². The summed E-state index contributed by atoms with van der Waals surface area (Å²) >= 11 is 3.35. The predicted molar refractivity (Wildman–Crippen MR) is 82.4 cm³/mol. The first-order chi connectivity index (χ1) is 9.68. The average molecular weight is 335 g/mol. The molecule has 0 atom stereocenters. The van der Waals surface area contributed by atoms with Crippen LogP contribution in [-0.4, -0.2) is 26.0 Å². The van der Waals surface area contributed by atoms with E-state index in [1.54, 1.807) is 11.0 Å². The number of carbonyl (C=O) groups is 1. The number of para-hydroxylation sites is 2. The van der Waals surface area contributed by atoms with Gasteiger partial charge in [0.25, 0.3) is 5.91 Å². The quantitative estimate of drug-likeness (QED) is 0.800. The number of halogens is 1. The molecule has 104 valence electrons. The molecule has 3 rings (SSSR count). The lowest BCUT2D eigenvalue weighted by atomic mass is 10.2. The molecule has 5 heteroatoms. The van der Waals surface area contributed by atoms with Crippen LogP contribution < -0.4 is 9.80 Å². The SMILES string of the molecule is CN1CCCN(C(=O)c2occc2Br)c2ccccc21. The van der Waals surface area contributed by atoms with Crippen molar-refractivity contribution in [1.82, 2.24) is 0 Å². The van der Waals surface area contributed by atoms with E-state index >= 15 is 0 Å². The van der Waals surface area contributed by atoms with Crippen LogP contribution in [0.3, 0.4) is 0 Å². The van der Waals surface area contributed by atoms with E-state index in [1.165, 1.54) is 6.26 Å². The molecule has 2 heterocycles. The molecule has 0 fully saturated rings. The number of rotatable bonds is 1. The molecule has 0 bridgehead atoms. The second-order valence-electron chi connectivity index (χ2n) is 4.82. The smallest absolute Gasteiger partial charge is 0.295 e. The van der Waals surface area contributed by atoms with Gasteiger partial charge >= 0.3 is 0 Å². The van der Waals surface area contributed by atoms with Gasteiger partial charge in [0.15, 0.2) is 0 Å². The van der Waals surface area contributed by atoms with Crippen LogP contribution in [0.5, 0.6) is 0 Å². The number of anilines is 2. The topological polar surface area (TPSA) is 36.7 Å². The van der Waals surface area contributed by atoms with Gasteiger partial charge in [-0.3, -0.25) is 4.79 Å². The lowest BCUT2D eigenvalue weighted by Gasteiger charge is -2.23. The summed E-state index contributed by atoms with van der Waals surface area (Å²) in [7, 11) is 2.05. The molecule has 1 amide bonds. The molecule has 20 heavy (non-hydrogen) atoms. The van der Waals surface area contributed by atoms with Crippen LogP contribution in [-0.2, 0) is 0 Å². The molecule has 1 aliphatic heterocycles. The second kappa shape index (κ2) is 5.32. The molecule has 2 aromatic rings. The zero-order valence-electron chi connectivity index (χ0n) is 11.2. The molecule has 0 aliphatic carbocycles. The number of carbonyl (C=O) groups excluding carboxylic acids is 1. The van der Waals surface area contributed by atoms with E-state index in [4.69, 9.17) is 4.42 Å². The largest absolute Gasteiger partial charge is 0.458 e. The normalized spacial score (nSPS) is 14.9. The summed E-state index contributed by atoms with van der Waals surface area (Å²) in [4.78, 5) is 16.7. The summed E-state index contributed by atoms with van der Waals surface area (Å²) in [6, 6.07) is 9.70. The summed E-state index contributed by atoms with van der Waals surface area (Å²) in [6.07, 6.45) is 2.45. The number of hydrogen-bond donors (Lipinski definition) is 0. The Bertz CT molecular complexity index is 638. The van der Waals surface area contributed by atoms with Gasteiger partial charge in [0.1, 0.15) is 0 Å². The van der Waals surface area contributed by atoms with Gasteiger partial charge in [-0.05, 0) is 40.5 Å². The molecule has 1 aliphatic rings. The molecule has 4 nitrogen and oxygen atoms in total. The average Bonchev–Trinajstić information content (AvgIpc) is 2.81. The van der Waals surface area contributed by atoms with Crippen molar-refractivity contribution in [3.63, 3.8) is 0 Å². The second-order valence-corrected chi connectivity index (χ2v) is 5.67. The first kappa shape index (κ1) is 13.2. The van der Waals surface area contributed by atoms with Crippen LogP contribution in [0, 0.1) is 0 Å². The van der Waals surface area contributed by atoms with Crippen LogP contribution in [0.2, 0.25) is 0 Å². The van der Waals surface area contributed by atoms with E-state index in [1.807, 2.05) is 24.3 Å². The summed E-state index contributed by atoms with van der Waals surface area (Å²) < 4.78 is 6.00. The maximum Gasteiger partial charge on any atom is 0.295 e. The number of nitrogens with zero attached hydrogens (tertiary/aromatic N) is 2. The van der Waals surface area contributed by atoms with Crippen molar-refractivity contribution < 1.29 is 9.21 Å². The molecule has 0 unspecified atom stereocenters. The molecule has 1 aromatic carbocycles. The molecule has 1 aromatic heterocycles. The Kier molecular flexibility index (Phi) is 3.53. The minimum atomic E-state index is -0.107. The monoisotopic (exact) mass is 334 g/mol. The van der Waals surface area contributed by atoms with Crippen molar-refractivity contribution in [1.29, 1.82) is 0 Å². The fourth-order valence-corrected chi connectivity index (χ4v) is 2.87. The fraction of sp³-hybridized carbons (Fsp3) is 0.267. The minimum Gasteiger partial charge on any atom is -0.458 e. The first-order valence-electron chi connectivity index (χ1n) is 6.53. The third-order valence-corrected chi connectivity index (χ3v) is 4.14. The Morgan fingerprint density at radius 1 is 1.20 bits per heavy atom. The van der Waals surface area contributed by atoms with Crippen molar-refractivity contribution >= 4 is 33.2 Å². The van der Waals surface area contributed by atoms with E-state index in [2.05, 4.69) is 27.9 Å². The van der Waals surface area contributed by atoms with Crippen molar-refractivity contribution in [2.45, 2.75) is 6.42 Å². The van der Waals surface area contributed by atoms with E-state index in [0.717, 1.165) is 24.3 Å². The van der Waals surface area contributed by atoms with Crippen molar-refractivity contribution in [3.05, 3.63) is 46.8 Å². The minimum absolute atomic E-state index is 0.107. The Balaban J connectivity index is 2.03. The number of hydrogen-bond acceptors (Lipinski definition) is 3. The summed E-state index contributed by atoms with van der Waals surface area (Å²) in [5.74, 6) is 0.244. The lowest BCUT2D eigenvalue weighted by Crippen LogP contribution is -2.31. The van der Waals surface area contributed by atoms with Gasteiger partial charge in [0, 0.05) is 20.1 Å². The van der Waals surface area contributed by atoms with Gasteiger partial charge in [0.05, 0.1) is 22.1 Å². The number of amides is 1. The van der Waals surface area contributed by atoms with Gasteiger partial charge in [0.2, 0.25) is 5.76 Å². The standard InChI is InChI=1S/C15H15BrN2O2/c1-17-8-4-9-18(13-6-3-2-5-12(13)17)15(19)14-11(16)7-10-20-14/h2-3,5-7,10H,4,8-9H2,1H3. The molecule has 0 spiro atoms. The highest BCUT2D eigenvalue weighted by Crippen LogP contribution is 2.33. The predicted octanol–water partition coefficient (Wildman–Crippen LogP) is 3.53. The van der Waals surface area contributed by atoms with E-state index < -0.39 is 0 Å². The Hall–Kier alpha value is -1.75. The first-order valence-corrected chi connectivity index (χ1v) is 7.33. The van der Waals surface area contributed by atoms with Crippen molar-refractivity contribution in [2.24, 2.45) is 0 Å². The molecule has 0 N–H and O–H groups in total. The highest BCUT2D eigenvalue weighted by atomic mass is 79.9. The summed E-state index contributed by atoms with van der Waals surface area (Å²) in [6.45, 7) is 1.62. The molecule has 0 radical (unpaired) electrons. The maximum absolute atomic E-state index is 12.7. The molecule has 0 saturated carbocycles. The number of furan rings is 1. The molecular weight excluding hydrogens is 320 g/mol. The van der Waals surface area contributed by atoms with E-state index in [9.17, 15) is 4.79 Å². The van der Waals surface area contributed by atoms with Gasteiger partial charge in [-0.25, -0.2) is 0 Å². The Labute approximate surface area is 126 Å². The number of benzene rings is 1. The van der Waals surface area contributed by atoms with Gasteiger partial charge < -0.3 is 14.2 Å². The van der Waals surface area contributed by atoms with Crippen LogP contribution in [0.25, 0.3) is 0 Å². The lowest BCUT2D eigenvalue weighted by molar-refractivity contribution is 0.0959. The summed E-state index contributed by atoms with van der Waals surface area (Å²) in [5, 5.41) is 0. The van der Waals surface area contributed by atoms with Gasteiger partial charge in [-0.2, -0.15) is 0 Å². The van der Waals surface area contributed by atoms with Crippen LogP contribution in [0.1, 0.15) is 17.0 Å². The van der Waals surface area contributed by atoms with Crippen LogP contribution in [0.4, 0.5) is 11.4 Å². The van der Waals surface area contributed by atoms with Crippen molar-refractivity contribution in [3.8, 4) is 0 Å². The molecular formula is C15H15BrN2O2. The molecule has 0 saturated heterocycles. The Morgan fingerprint density at radius 2 is 1.95 bits per heavy atom. The zero-order valence-corrected chi connectivity index (χ0v) is 12.8. The van der Waals surface area contributed by atoms with Crippen LogP contribution >= 0.6 is 15.9 Å². The highest BCUT2D eigenvalue weighted by molar-refractivity contribution is 9.10. The zero-order chi connectivity index (χ0) is 14.1. The van der Waals surface area contributed by atoms with Gasteiger partial charge in [-0.15, -0.1) is 0 Å². The Morgan fingerprint density at radius 3 is 2.65 bits per heavy atom. The van der Waals surface area contributed by atoms with E-state index in [-0.39, 0.29) is 5.91 Å². The number of fused-ring (bicyclic) bond motifs is 1.